The first-order chi connectivity index (χ1) is 16.4. The van der Waals surface area contributed by atoms with Gasteiger partial charge in [-0.25, -0.2) is 9.78 Å². The Morgan fingerprint density at radius 1 is 1.18 bits per heavy atom. The fourth-order valence-corrected chi connectivity index (χ4v) is 4.99. The highest BCUT2D eigenvalue weighted by Gasteiger charge is 2.48. The second kappa shape index (κ2) is 8.42. The fourth-order valence-electron chi connectivity index (χ4n) is 4.32. The Hall–Kier alpha value is -3.98. The van der Waals surface area contributed by atoms with Gasteiger partial charge in [-0.05, 0) is 48.4 Å². The molecule has 0 spiro atoms. The molecule has 1 saturated heterocycles. The largest absolute Gasteiger partial charge is 0.507 e. The number of ketones is 1. The number of hydrogen-bond donors (Lipinski definition) is 1. The van der Waals surface area contributed by atoms with E-state index in [2.05, 4.69) is 4.98 Å². The molecule has 1 fully saturated rings. The zero-order valence-electron chi connectivity index (χ0n) is 18.3. The molecule has 2 aromatic carbocycles. The first-order valence-electron chi connectivity index (χ1n) is 10.6. The van der Waals surface area contributed by atoms with E-state index in [1.807, 2.05) is 6.92 Å². The van der Waals surface area contributed by atoms with E-state index >= 15 is 0 Å². The van der Waals surface area contributed by atoms with Crippen LogP contribution in [0, 0.1) is 0 Å². The van der Waals surface area contributed by atoms with Gasteiger partial charge in [-0.2, -0.15) is 0 Å². The minimum absolute atomic E-state index is 0.0243. The number of aliphatic hydroxyl groups is 1. The standard InChI is InChI=1S/C25H20N2O6S/c1-13-11-17-12-16(7-8-18(17)33-13)21(28)19-20(14-3-5-15(6-4-14)24(31)32-2)27(23(30)22(19)29)25-26-9-10-34-25/h3-10,12-13,20,28H,11H2,1-2H3/b21-19-. The molecule has 1 aromatic heterocycles. The number of nitrogens with zero attached hydrogens (tertiary/aromatic N) is 2. The van der Waals surface area contributed by atoms with Gasteiger partial charge in [-0.3, -0.25) is 14.5 Å². The smallest absolute Gasteiger partial charge is 0.337 e. The van der Waals surface area contributed by atoms with Crippen molar-refractivity contribution in [3.63, 3.8) is 0 Å². The maximum Gasteiger partial charge on any atom is 0.337 e. The average molecular weight is 477 g/mol. The molecule has 172 valence electrons. The summed E-state index contributed by atoms with van der Waals surface area (Å²) in [4.78, 5) is 43.6. The molecule has 34 heavy (non-hydrogen) atoms. The molecule has 3 heterocycles. The highest BCUT2D eigenvalue weighted by Crippen LogP contribution is 2.43. The van der Waals surface area contributed by atoms with Gasteiger partial charge in [-0.1, -0.05) is 12.1 Å². The number of anilines is 1. The third-order valence-corrected chi connectivity index (χ3v) is 6.66. The van der Waals surface area contributed by atoms with Crippen LogP contribution in [0.15, 0.2) is 59.6 Å². The Labute approximate surface area is 199 Å². The maximum atomic E-state index is 13.2. The van der Waals surface area contributed by atoms with E-state index in [-0.39, 0.29) is 17.4 Å². The Balaban J connectivity index is 1.65. The fraction of sp³-hybridized carbons (Fsp3) is 0.200. The number of carbonyl (C=O) groups is 3. The lowest BCUT2D eigenvalue weighted by Gasteiger charge is -2.23. The monoisotopic (exact) mass is 476 g/mol. The van der Waals surface area contributed by atoms with Gasteiger partial charge in [0.25, 0.3) is 5.78 Å². The van der Waals surface area contributed by atoms with E-state index in [1.165, 1.54) is 23.3 Å². The predicted molar refractivity (Wildman–Crippen MR) is 125 cm³/mol. The van der Waals surface area contributed by atoms with Crippen molar-refractivity contribution in [2.75, 3.05) is 12.0 Å². The topological polar surface area (TPSA) is 106 Å². The lowest BCUT2D eigenvalue weighted by molar-refractivity contribution is -0.132. The Bertz CT molecular complexity index is 1330. The second-order valence-electron chi connectivity index (χ2n) is 8.05. The molecule has 8 nitrogen and oxygen atoms in total. The van der Waals surface area contributed by atoms with E-state index < -0.39 is 23.7 Å². The molecule has 2 unspecified atom stereocenters. The van der Waals surface area contributed by atoms with Crippen molar-refractivity contribution in [1.82, 2.24) is 4.98 Å². The van der Waals surface area contributed by atoms with Crippen molar-refractivity contribution in [2.24, 2.45) is 0 Å². The van der Waals surface area contributed by atoms with Crippen LogP contribution in [-0.4, -0.2) is 41.0 Å². The summed E-state index contributed by atoms with van der Waals surface area (Å²) < 4.78 is 10.5. The Kier molecular flexibility index (Phi) is 5.41. The summed E-state index contributed by atoms with van der Waals surface area (Å²) >= 11 is 1.21. The Morgan fingerprint density at radius 3 is 2.59 bits per heavy atom. The van der Waals surface area contributed by atoms with Gasteiger partial charge in [0.15, 0.2) is 5.13 Å². The van der Waals surface area contributed by atoms with Crippen LogP contribution in [0.2, 0.25) is 0 Å². The third kappa shape index (κ3) is 3.54. The van der Waals surface area contributed by atoms with E-state index in [0.29, 0.717) is 28.2 Å². The number of aromatic nitrogens is 1. The normalized spacial score (nSPS) is 20.8. The number of methoxy groups -OCH3 is 1. The highest BCUT2D eigenvalue weighted by atomic mass is 32.1. The predicted octanol–water partition coefficient (Wildman–Crippen LogP) is 3.88. The van der Waals surface area contributed by atoms with Gasteiger partial charge < -0.3 is 14.6 Å². The highest BCUT2D eigenvalue weighted by molar-refractivity contribution is 7.14. The molecule has 9 heteroatoms. The van der Waals surface area contributed by atoms with Gasteiger partial charge >= 0.3 is 11.9 Å². The van der Waals surface area contributed by atoms with Crippen molar-refractivity contribution in [3.05, 3.63) is 81.9 Å². The number of ether oxygens (including phenoxy) is 2. The van der Waals surface area contributed by atoms with Crippen molar-refractivity contribution < 1.29 is 29.0 Å². The third-order valence-electron chi connectivity index (χ3n) is 5.89. The van der Waals surface area contributed by atoms with E-state index in [1.54, 1.807) is 54.0 Å². The molecule has 5 rings (SSSR count). The lowest BCUT2D eigenvalue weighted by atomic mass is 9.94. The molecule has 0 aliphatic carbocycles. The van der Waals surface area contributed by atoms with Crippen LogP contribution < -0.4 is 9.64 Å². The summed E-state index contributed by atoms with van der Waals surface area (Å²) in [5.74, 6) is -1.63. The number of hydrogen-bond acceptors (Lipinski definition) is 8. The first-order valence-corrected chi connectivity index (χ1v) is 11.5. The van der Waals surface area contributed by atoms with E-state index in [9.17, 15) is 19.5 Å². The van der Waals surface area contributed by atoms with E-state index in [4.69, 9.17) is 9.47 Å². The molecule has 0 bridgehead atoms. The molecule has 2 aliphatic heterocycles. The number of thiazole rings is 1. The molecule has 2 atom stereocenters. The Morgan fingerprint density at radius 2 is 1.91 bits per heavy atom. The molecular weight excluding hydrogens is 456 g/mol. The lowest BCUT2D eigenvalue weighted by Crippen LogP contribution is -2.29. The second-order valence-corrected chi connectivity index (χ2v) is 8.93. The number of carbonyl (C=O) groups excluding carboxylic acids is 3. The molecule has 0 radical (unpaired) electrons. The summed E-state index contributed by atoms with van der Waals surface area (Å²) in [6.07, 6.45) is 2.25. The number of Topliss-reactive ketones (excluding diaryl/α,β-unsaturated/α-hetero) is 1. The van der Waals surface area contributed by atoms with Gasteiger partial charge in [0.05, 0.1) is 24.3 Å². The van der Waals surface area contributed by atoms with Crippen molar-refractivity contribution in [3.8, 4) is 5.75 Å². The van der Waals surface area contributed by atoms with E-state index in [0.717, 1.165) is 11.3 Å². The van der Waals surface area contributed by atoms with Crippen molar-refractivity contribution in [1.29, 1.82) is 0 Å². The molecule has 2 aliphatic rings. The van der Waals surface area contributed by atoms with Crippen LogP contribution in [-0.2, 0) is 20.7 Å². The number of aliphatic hydroxyl groups excluding tert-OH is 1. The number of amides is 1. The van der Waals surface area contributed by atoms with Crippen LogP contribution >= 0.6 is 11.3 Å². The summed E-state index contributed by atoms with van der Waals surface area (Å²) in [6.45, 7) is 1.96. The first kappa shape index (κ1) is 21.8. The van der Waals surface area contributed by atoms with Gasteiger partial charge in [0.2, 0.25) is 0 Å². The quantitative estimate of drug-likeness (QED) is 0.264. The molecule has 1 N–H and O–H groups in total. The summed E-state index contributed by atoms with van der Waals surface area (Å²) in [7, 11) is 1.29. The average Bonchev–Trinajstić information content (AvgIpc) is 3.56. The minimum Gasteiger partial charge on any atom is -0.507 e. The van der Waals surface area contributed by atoms with Crippen LogP contribution in [0.1, 0.15) is 40.0 Å². The number of rotatable bonds is 4. The molecule has 3 aromatic rings. The molecule has 0 saturated carbocycles. The van der Waals surface area contributed by atoms with Gasteiger partial charge in [-0.15, -0.1) is 11.3 Å². The van der Waals surface area contributed by atoms with Gasteiger partial charge in [0, 0.05) is 23.6 Å². The number of esters is 1. The van der Waals surface area contributed by atoms with Crippen LogP contribution in [0.4, 0.5) is 5.13 Å². The van der Waals surface area contributed by atoms with Crippen LogP contribution in [0.5, 0.6) is 5.75 Å². The maximum absolute atomic E-state index is 13.2. The van der Waals surface area contributed by atoms with Gasteiger partial charge in [0.1, 0.15) is 17.6 Å². The summed E-state index contributed by atoms with van der Waals surface area (Å²) in [6, 6.07) is 10.7. The van der Waals surface area contributed by atoms with Crippen LogP contribution in [0.3, 0.4) is 0 Å². The summed E-state index contributed by atoms with van der Waals surface area (Å²) in [5, 5.41) is 13.3. The number of fused-ring (bicyclic) bond motifs is 1. The zero-order chi connectivity index (χ0) is 24.0. The minimum atomic E-state index is -0.915. The number of benzene rings is 2. The molecular formula is C25H20N2O6S. The SMILES string of the molecule is COC(=O)c1ccc(C2/C(=C(/O)c3ccc4c(c3)CC(C)O4)C(=O)C(=O)N2c2nccs2)cc1. The van der Waals surface area contributed by atoms with Crippen LogP contribution in [0.25, 0.3) is 5.76 Å². The zero-order valence-corrected chi connectivity index (χ0v) is 19.2. The van der Waals surface area contributed by atoms with Crippen molar-refractivity contribution in [2.45, 2.75) is 25.5 Å². The van der Waals surface area contributed by atoms with Crippen molar-refractivity contribution >= 4 is 39.9 Å². The summed E-state index contributed by atoms with van der Waals surface area (Å²) in [5.41, 5.74) is 2.17. The molecule has 1 amide bonds.